The van der Waals surface area contributed by atoms with Gasteiger partial charge in [-0.05, 0) is 18.2 Å². The molecule has 3 aromatic rings. The van der Waals surface area contributed by atoms with Crippen molar-refractivity contribution in [2.75, 3.05) is 5.32 Å². The topological polar surface area (TPSA) is 59.8 Å². The minimum Gasteiger partial charge on any atom is -0.324 e. The molecule has 0 atom stereocenters. The van der Waals surface area contributed by atoms with Crippen LogP contribution < -0.4 is 10.9 Å². The van der Waals surface area contributed by atoms with E-state index in [1.807, 2.05) is 6.07 Å². The van der Waals surface area contributed by atoms with Gasteiger partial charge in [0.1, 0.15) is 12.2 Å². The lowest BCUT2D eigenvalue weighted by atomic mass is 10.3. The normalized spacial score (nSPS) is 11.6. The van der Waals surface area contributed by atoms with Gasteiger partial charge in [-0.2, -0.15) is 18.2 Å². The van der Waals surface area contributed by atoms with Gasteiger partial charge in [0.2, 0.25) is 5.95 Å². The third-order valence-electron chi connectivity index (χ3n) is 3.09. The van der Waals surface area contributed by atoms with Crippen LogP contribution in [0.1, 0.15) is 0 Å². The number of hydrogen-bond donors (Lipinski definition) is 1. The fraction of sp³-hybridized carbons (Fsp3) is 0.133. The largest absolute Gasteiger partial charge is 0.406 e. The second-order valence-electron chi connectivity index (χ2n) is 4.84. The molecule has 8 heteroatoms. The van der Waals surface area contributed by atoms with Crippen LogP contribution in [0.15, 0.2) is 53.5 Å². The fourth-order valence-electron chi connectivity index (χ4n) is 2.11. The maximum atomic E-state index is 12.7. The van der Waals surface area contributed by atoms with Gasteiger partial charge in [-0.25, -0.2) is 4.98 Å². The SMILES string of the molecule is O=c1ccc2cnc(Nc3ccccc3)nc2n1CC(F)(F)F. The summed E-state index contributed by atoms with van der Waals surface area (Å²) in [5.74, 6) is 0.116. The number of para-hydroxylation sites is 1. The predicted octanol–water partition coefficient (Wildman–Crippen LogP) is 3.10. The Morgan fingerprint density at radius 2 is 1.83 bits per heavy atom. The minimum absolute atomic E-state index is 0.0664. The Balaban J connectivity index is 2.07. The number of anilines is 2. The molecular formula is C15H11F3N4O. The summed E-state index contributed by atoms with van der Waals surface area (Å²) in [5, 5.41) is 3.24. The number of nitrogens with one attached hydrogen (secondary N) is 1. The molecule has 0 spiro atoms. The molecule has 0 saturated carbocycles. The maximum absolute atomic E-state index is 12.7. The number of pyridine rings is 1. The summed E-state index contributed by atoms with van der Waals surface area (Å²) in [6.07, 6.45) is -3.14. The summed E-state index contributed by atoms with van der Waals surface area (Å²) >= 11 is 0. The van der Waals surface area contributed by atoms with Crippen LogP contribution in [0.3, 0.4) is 0 Å². The Morgan fingerprint density at radius 3 is 2.52 bits per heavy atom. The zero-order chi connectivity index (χ0) is 16.4. The minimum atomic E-state index is -4.52. The Kier molecular flexibility index (Phi) is 3.73. The van der Waals surface area contributed by atoms with E-state index in [4.69, 9.17) is 0 Å². The lowest BCUT2D eigenvalue weighted by Crippen LogP contribution is -2.28. The molecule has 23 heavy (non-hydrogen) atoms. The molecule has 0 radical (unpaired) electrons. The van der Waals surface area contributed by atoms with Crippen molar-refractivity contribution in [3.05, 3.63) is 59.0 Å². The smallest absolute Gasteiger partial charge is 0.324 e. The quantitative estimate of drug-likeness (QED) is 0.805. The first-order chi connectivity index (χ1) is 10.9. The van der Waals surface area contributed by atoms with E-state index in [2.05, 4.69) is 15.3 Å². The number of benzene rings is 1. The van der Waals surface area contributed by atoms with E-state index in [1.165, 1.54) is 12.3 Å². The van der Waals surface area contributed by atoms with E-state index in [1.54, 1.807) is 24.3 Å². The fourth-order valence-corrected chi connectivity index (χ4v) is 2.11. The molecule has 1 aromatic carbocycles. The van der Waals surface area contributed by atoms with E-state index in [0.717, 1.165) is 6.07 Å². The molecule has 0 aliphatic carbocycles. The van der Waals surface area contributed by atoms with Gasteiger partial charge < -0.3 is 5.32 Å². The van der Waals surface area contributed by atoms with E-state index in [0.29, 0.717) is 15.6 Å². The van der Waals surface area contributed by atoms with E-state index in [-0.39, 0.29) is 11.6 Å². The number of halogens is 3. The first-order valence-electron chi connectivity index (χ1n) is 6.68. The Bertz CT molecular complexity index is 891. The van der Waals surface area contributed by atoms with Crippen LogP contribution in [-0.2, 0) is 6.54 Å². The Morgan fingerprint density at radius 1 is 1.09 bits per heavy atom. The van der Waals surface area contributed by atoms with Crippen molar-refractivity contribution in [3.8, 4) is 0 Å². The highest BCUT2D eigenvalue weighted by atomic mass is 19.4. The van der Waals surface area contributed by atoms with Gasteiger partial charge in [-0.1, -0.05) is 18.2 Å². The van der Waals surface area contributed by atoms with Crippen LogP contribution >= 0.6 is 0 Å². The van der Waals surface area contributed by atoms with Crippen LogP contribution in [0.25, 0.3) is 11.0 Å². The van der Waals surface area contributed by atoms with Crippen LogP contribution in [0, 0.1) is 0 Å². The zero-order valence-electron chi connectivity index (χ0n) is 11.7. The molecule has 0 fully saturated rings. The van der Waals surface area contributed by atoms with Crippen molar-refractivity contribution >= 4 is 22.7 Å². The summed E-state index contributed by atoms with van der Waals surface area (Å²) in [7, 11) is 0. The van der Waals surface area contributed by atoms with E-state index >= 15 is 0 Å². The summed E-state index contributed by atoms with van der Waals surface area (Å²) in [6.45, 7) is -1.40. The van der Waals surface area contributed by atoms with Gasteiger partial charge in [0, 0.05) is 23.3 Å². The number of alkyl halides is 3. The van der Waals surface area contributed by atoms with Gasteiger partial charge in [0.05, 0.1) is 0 Å². The Labute approximate surface area is 128 Å². The number of rotatable bonds is 3. The molecule has 2 aromatic heterocycles. The van der Waals surface area contributed by atoms with Crippen LogP contribution in [0.2, 0.25) is 0 Å². The Hall–Kier alpha value is -2.90. The highest BCUT2D eigenvalue weighted by molar-refractivity contribution is 5.75. The number of aromatic nitrogens is 3. The predicted molar refractivity (Wildman–Crippen MR) is 79.6 cm³/mol. The number of fused-ring (bicyclic) bond motifs is 1. The second kappa shape index (κ2) is 5.71. The molecule has 118 valence electrons. The van der Waals surface area contributed by atoms with E-state index < -0.39 is 18.3 Å². The molecule has 0 aliphatic rings. The van der Waals surface area contributed by atoms with E-state index in [9.17, 15) is 18.0 Å². The van der Waals surface area contributed by atoms with Gasteiger partial charge in [-0.15, -0.1) is 0 Å². The van der Waals surface area contributed by atoms with Gasteiger partial charge >= 0.3 is 6.18 Å². The van der Waals surface area contributed by atoms with Crippen molar-refractivity contribution in [3.63, 3.8) is 0 Å². The lowest BCUT2D eigenvalue weighted by molar-refractivity contribution is -0.140. The first-order valence-corrected chi connectivity index (χ1v) is 6.68. The summed E-state index contributed by atoms with van der Waals surface area (Å²) < 4.78 is 38.6. The molecule has 0 saturated heterocycles. The molecular weight excluding hydrogens is 309 g/mol. The average Bonchev–Trinajstić information content (AvgIpc) is 2.50. The van der Waals surface area contributed by atoms with Crippen molar-refractivity contribution in [1.82, 2.24) is 14.5 Å². The van der Waals surface area contributed by atoms with Gasteiger partial charge in [0.15, 0.2) is 0 Å². The van der Waals surface area contributed by atoms with Crippen LogP contribution in [0.4, 0.5) is 24.8 Å². The van der Waals surface area contributed by atoms with Crippen molar-refractivity contribution in [2.24, 2.45) is 0 Å². The van der Waals surface area contributed by atoms with Gasteiger partial charge in [-0.3, -0.25) is 9.36 Å². The molecule has 0 aliphatic heterocycles. The van der Waals surface area contributed by atoms with Gasteiger partial charge in [0.25, 0.3) is 5.56 Å². The number of nitrogens with zero attached hydrogens (tertiary/aromatic N) is 3. The van der Waals surface area contributed by atoms with Crippen molar-refractivity contribution < 1.29 is 13.2 Å². The number of hydrogen-bond acceptors (Lipinski definition) is 4. The molecule has 0 amide bonds. The molecule has 3 rings (SSSR count). The monoisotopic (exact) mass is 320 g/mol. The van der Waals surface area contributed by atoms with Crippen LogP contribution in [0.5, 0.6) is 0 Å². The summed E-state index contributed by atoms with van der Waals surface area (Å²) in [4.78, 5) is 19.9. The third-order valence-corrected chi connectivity index (χ3v) is 3.09. The molecule has 1 N–H and O–H groups in total. The lowest BCUT2D eigenvalue weighted by Gasteiger charge is -2.12. The second-order valence-corrected chi connectivity index (χ2v) is 4.84. The molecule has 2 heterocycles. The highest BCUT2D eigenvalue weighted by Gasteiger charge is 2.29. The third kappa shape index (κ3) is 3.47. The standard InChI is InChI=1S/C15H11F3N4O/c16-15(17,18)9-22-12(23)7-6-10-8-19-14(21-13(10)22)20-11-4-2-1-3-5-11/h1-8H,9H2,(H,19,20,21). The maximum Gasteiger partial charge on any atom is 0.406 e. The molecule has 0 unspecified atom stereocenters. The summed E-state index contributed by atoms with van der Waals surface area (Å²) in [6, 6.07) is 11.4. The highest BCUT2D eigenvalue weighted by Crippen LogP contribution is 2.20. The molecule has 0 bridgehead atoms. The van der Waals surface area contributed by atoms with Crippen molar-refractivity contribution in [1.29, 1.82) is 0 Å². The molecule has 5 nitrogen and oxygen atoms in total. The van der Waals surface area contributed by atoms with Crippen LogP contribution in [-0.4, -0.2) is 20.7 Å². The summed E-state index contributed by atoms with van der Waals surface area (Å²) in [5.41, 5.74) is -0.144. The first kappa shape index (κ1) is 15.0. The van der Waals surface area contributed by atoms with Crippen molar-refractivity contribution in [2.45, 2.75) is 12.7 Å². The zero-order valence-corrected chi connectivity index (χ0v) is 11.7. The average molecular weight is 320 g/mol.